The number of nitrogens with zero attached hydrogens (tertiary/aromatic N) is 3. The number of carbonyl (C=O) groups is 1. The average molecular weight is 441 g/mol. The van der Waals surface area contributed by atoms with E-state index in [1.165, 1.54) is 28.0 Å². The minimum atomic E-state index is -0.898. The second-order valence-electron chi connectivity index (χ2n) is 8.39. The van der Waals surface area contributed by atoms with Gasteiger partial charge in [0, 0.05) is 11.4 Å². The number of rotatable bonds is 7. The quantitative estimate of drug-likeness (QED) is 0.558. The van der Waals surface area contributed by atoms with Crippen LogP contribution in [0.4, 0.5) is 5.82 Å². The standard InChI is InChI=1S/C23H28N4O3S/c1-5-6-16(11-20(28)29)27-22-17(24-23(27)30)8-7-15(4)26(22)12-19-21-14(3)9-13(2)10-18(21)25-31-19/h7-10,15-16H,5-6,11-12H2,1-4H3,(H,24,30)(H,28,29)/t15-,16?/m0/s1. The third kappa shape index (κ3) is 3.92. The van der Waals surface area contributed by atoms with Gasteiger partial charge in [-0.2, -0.15) is 4.37 Å². The maximum Gasteiger partial charge on any atom is 0.327 e. The van der Waals surface area contributed by atoms with Crippen molar-refractivity contribution in [1.82, 2.24) is 13.9 Å². The van der Waals surface area contributed by atoms with Crippen LogP contribution in [0.1, 0.15) is 60.8 Å². The van der Waals surface area contributed by atoms with Crippen LogP contribution in [0.25, 0.3) is 17.0 Å². The second kappa shape index (κ2) is 8.34. The number of imidazole rings is 1. The fourth-order valence-electron chi connectivity index (χ4n) is 4.61. The van der Waals surface area contributed by atoms with Crippen LogP contribution in [0.2, 0.25) is 0 Å². The minimum absolute atomic E-state index is 0.0592. The molecule has 0 fully saturated rings. The van der Waals surface area contributed by atoms with Crippen LogP contribution >= 0.6 is 11.5 Å². The smallest absolute Gasteiger partial charge is 0.327 e. The van der Waals surface area contributed by atoms with Crippen molar-refractivity contribution in [3.8, 4) is 0 Å². The molecule has 31 heavy (non-hydrogen) atoms. The first-order valence-electron chi connectivity index (χ1n) is 10.7. The molecule has 3 heterocycles. The topological polar surface area (TPSA) is 91.2 Å². The molecule has 1 aliphatic heterocycles. The maximum atomic E-state index is 12.9. The number of carboxylic acid groups (broad SMARTS) is 1. The molecule has 2 aromatic heterocycles. The lowest BCUT2D eigenvalue weighted by atomic mass is 10.0. The van der Waals surface area contributed by atoms with Gasteiger partial charge in [-0.05, 0) is 62.0 Å². The molecular weight excluding hydrogens is 412 g/mol. The number of aryl methyl sites for hydroxylation is 2. The molecule has 1 aromatic carbocycles. The van der Waals surface area contributed by atoms with Gasteiger partial charge in [-0.1, -0.05) is 25.5 Å². The van der Waals surface area contributed by atoms with Gasteiger partial charge in [0.2, 0.25) is 0 Å². The summed E-state index contributed by atoms with van der Waals surface area (Å²) in [5.74, 6) is -0.128. The number of nitrogens with one attached hydrogen (secondary N) is 1. The van der Waals surface area contributed by atoms with Crippen molar-refractivity contribution in [3.05, 3.63) is 50.4 Å². The van der Waals surface area contributed by atoms with Crippen molar-refractivity contribution in [2.24, 2.45) is 0 Å². The monoisotopic (exact) mass is 440 g/mol. The maximum absolute atomic E-state index is 12.9. The van der Waals surface area contributed by atoms with Gasteiger partial charge >= 0.3 is 11.7 Å². The summed E-state index contributed by atoms with van der Waals surface area (Å²) in [7, 11) is 0. The molecule has 0 aliphatic carbocycles. The summed E-state index contributed by atoms with van der Waals surface area (Å²) in [4.78, 5) is 30.7. The van der Waals surface area contributed by atoms with Gasteiger partial charge in [-0.25, -0.2) is 4.79 Å². The number of benzene rings is 1. The number of hydrogen-bond acceptors (Lipinski definition) is 5. The summed E-state index contributed by atoms with van der Waals surface area (Å²) >= 11 is 1.49. The number of carboxylic acids is 1. The number of H-pyrrole nitrogens is 1. The van der Waals surface area contributed by atoms with Crippen molar-refractivity contribution in [2.75, 3.05) is 4.90 Å². The SMILES string of the molecule is CCCC(CC(=O)O)n1c2c([nH]c1=O)C=C[C@H](C)N2Cc1snc2cc(C)cc(C)c12. The van der Waals surface area contributed by atoms with Gasteiger partial charge in [0.1, 0.15) is 5.82 Å². The highest BCUT2D eigenvalue weighted by Crippen LogP contribution is 2.35. The van der Waals surface area contributed by atoms with E-state index < -0.39 is 12.0 Å². The summed E-state index contributed by atoms with van der Waals surface area (Å²) in [6.07, 6.45) is 5.34. The molecule has 7 nitrogen and oxygen atoms in total. The summed E-state index contributed by atoms with van der Waals surface area (Å²) in [6.45, 7) is 8.88. The Kier molecular flexibility index (Phi) is 5.75. The number of anilines is 1. The molecule has 1 unspecified atom stereocenters. The molecule has 4 rings (SSSR count). The second-order valence-corrected chi connectivity index (χ2v) is 9.25. The molecule has 0 saturated heterocycles. The number of aliphatic carboxylic acids is 1. The molecule has 0 bridgehead atoms. The van der Waals surface area contributed by atoms with E-state index >= 15 is 0 Å². The summed E-state index contributed by atoms with van der Waals surface area (Å²) in [6, 6.07) is 3.94. The van der Waals surface area contributed by atoms with Gasteiger partial charge in [0.05, 0.1) is 35.1 Å². The van der Waals surface area contributed by atoms with E-state index in [4.69, 9.17) is 0 Å². The molecule has 0 amide bonds. The van der Waals surface area contributed by atoms with Crippen molar-refractivity contribution in [1.29, 1.82) is 0 Å². The molecule has 1 aliphatic rings. The van der Waals surface area contributed by atoms with Crippen molar-refractivity contribution < 1.29 is 9.90 Å². The third-order valence-electron chi connectivity index (χ3n) is 5.94. The Balaban J connectivity index is 1.81. The molecule has 8 heteroatoms. The van der Waals surface area contributed by atoms with Gasteiger partial charge in [-0.15, -0.1) is 0 Å². The fraction of sp³-hybridized carbons (Fsp3) is 0.435. The number of aromatic nitrogens is 3. The van der Waals surface area contributed by atoms with E-state index in [1.807, 2.05) is 13.0 Å². The molecule has 0 saturated carbocycles. The Morgan fingerprint density at radius 3 is 2.84 bits per heavy atom. The van der Waals surface area contributed by atoms with E-state index in [2.05, 4.69) is 53.2 Å². The summed E-state index contributed by atoms with van der Waals surface area (Å²) in [5, 5.41) is 10.6. The molecule has 0 spiro atoms. The van der Waals surface area contributed by atoms with Crippen LogP contribution in [0.3, 0.4) is 0 Å². The number of aromatic amines is 1. The first kappa shape index (κ1) is 21.4. The van der Waals surface area contributed by atoms with E-state index in [9.17, 15) is 14.7 Å². The Morgan fingerprint density at radius 1 is 1.35 bits per heavy atom. The molecule has 2 atom stereocenters. The summed E-state index contributed by atoms with van der Waals surface area (Å²) < 4.78 is 6.32. The lowest BCUT2D eigenvalue weighted by Gasteiger charge is -2.34. The fourth-order valence-corrected chi connectivity index (χ4v) is 5.51. The molecule has 2 N–H and O–H groups in total. The predicted molar refractivity (Wildman–Crippen MR) is 125 cm³/mol. The van der Waals surface area contributed by atoms with Gasteiger partial charge in [-0.3, -0.25) is 9.36 Å². The third-order valence-corrected chi connectivity index (χ3v) is 6.78. The number of fused-ring (bicyclic) bond motifs is 2. The van der Waals surface area contributed by atoms with E-state index in [1.54, 1.807) is 4.57 Å². The zero-order valence-electron chi connectivity index (χ0n) is 18.3. The highest BCUT2D eigenvalue weighted by atomic mass is 32.1. The van der Waals surface area contributed by atoms with Gasteiger partial charge < -0.3 is 15.0 Å². The molecular formula is C23H28N4O3S. The molecule has 3 aromatic rings. The van der Waals surface area contributed by atoms with Crippen LogP contribution in [-0.2, 0) is 11.3 Å². The van der Waals surface area contributed by atoms with Crippen LogP contribution in [-0.4, -0.2) is 31.0 Å². The normalized spacial score (nSPS) is 16.6. The zero-order valence-corrected chi connectivity index (χ0v) is 19.1. The Labute approximate surface area is 185 Å². The highest BCUT2D eigenvalue weighted by Gasteiger charge is 2.30. The average Bonchev–Trinajstić information content (AvgIpc) is 3.23. The van der Waals surface area contributed by atoms with Gasteiger partial charge in [0.15, 0.2) is 0 Å². The zero-order chi connectivity index (χ0) is 22.3. The van der Waals surface area contributed by atoms with Crippen molar-refractivity contribution >= 4 is 40.3 Å². The highest BCUT2D eigenvalue weighted by molar-refractivity contribution is 7.07. The van der Waals surface area contributed by atoms with Crippen LogP contribution < -0.4 is 10.6 Å². The van der Waals surface area contributed by atoms with Crippen LogP contribution in [0.5, 0.6) is 0 Å². The predicted octanol–water partition coefficient (Wildman–Crippen LogP) is 4.64. The molecule has 164 valence electrons. The van der Waals surface area contributed by atoms with E-state index in [0.717, 1.165) is 28.3 Å². The van der Waals surface area contributed by atoms with E-state index in [0.29, 0.717) is 13.0 Å². The molecule has 0 radical (unpaired) electrons. The Morgan fingerprint density at radius 2 is 2.13 bits per heavy atom. The minimum Gasteiger partial charge on any atom is -0.481 e. The Hall–Kier alpha value is -2.87. The lowest BCUT2D eigenvalue weighted by Crippen LogP contribution is -2.37. The largest absolute Gasteiger partial charge is 0.481 e. The van der Waals surface area contributed by atoms with Crippen LogP contribution in [0.15, 0.2) is 23.0 Å². The lowest BCUT2D eigenvalue weighted by molar-refractivity contribution is -0.138. The van der Waals surface area contributed by atoms with E-state index in [-0.39, 0.29) is 18.2 Å². The van der Waals surface area contributed by atoms with Crippen molar-refractivity contribution in [3.63, 3.8) is 0 Å². The first-order valence-corrected chi connectivity index (χ1v) is 11.4. The van der Waals surface area contributed by atoms with Crippen LogP contribution in [0, 0.1) is 13.8 Å². The van der Waals surface area contributed by atoms with Crippen molar-refractivity contribution in [2.45, 2.75) is 65.6 Å². The first-order chi connectivity index (χ1) is 14.8. The Bertz CT molecular complexity index is 1220. The number of hydrogen-bond donors (Lipinski definition) is 2. The van der Waals surface area contributed by atoms with Gasteiger partial charge in [0.25, 0.3) is 0 Å². The summed E-state index contributed by atoms with van der Waals surface area (Å²) in [5.41, 5.74) is 3.86.